The van der Waals surface area contributed by atoms with Crippen LogP contribution in [-0.4, -0.2) is 75.5 Å². The first kappa shape index (κ1) is 141. The average Bonchev–Trinajstić information content (AvgIpc) is 0. The Bertz CT molecular complexity index is 12.9. The molecule has 9 heavy (non-hydrogen) atoms. The van der Waals surface area contributed by atoms with Crippen molar-refractivity contribution in [3.05, 3.63) is 0 Å². The maximum atomic E-state index is 0. The Kier molecular flexibility index (Phi) is 1700. The van der Waals surface area contributed by atoms with Crippen LogP contribution in [-0.2, 0) is 61.5 Å². The van der Waals surface area contributed by atoms with Crippen LogP contribution >= 0.6 is 0 Å². The molecule has 0 aliphatic carbocycles. The molecule has 0 fully saturated rings. The fraction of sp³-hybridized carbons (Fsp3) is 0. The van der Waals surface area contributed by atoms with E-state index >= 15 is 0 Å². The largest absolute Gasteiger partial charge is 3.00 e. The van der Waals surface area contributed by atoms with Crippen LogP contribution in [0.1, 0.15) is 0 Å². The summed E-state index contributed by atoms with van der Waals surface area (Å²) in [4.78, 5) is 0. The third-order valence-corrected chi connectivity index (χ3v) is 0. The van der Waals surface area contributed by atoms with Gasteiger partial charge in [-0.05, 0) is 0 Å². The van der Waals surface area contributed by atoms with Crippen LogP contribution in [0.5, 0.6) is 0 Å². The molecule has 9 heteroatoms. The van der Waals surface area contributed by atoms with Gasteiger partial charge in [-0.2, -0.15) is 0 Å². The molecule has 0 bridgehead atoms. The minimum Gasteiger partial charge on any atom is -2.00 e. The number of rotatable bonds is 0. The van der Waals surface area contributed by atoms with Crippen LogP contribution in [0.2, 0.25) is 0 Å². The van der Waals surface area contributed by atoms with E-state index in [-0.39, 0.29) is 137 Å². The Morgan fingerprint density at radius 1 is 0.333 bits per heavy atom. The van der Waals surface area contributed by atoms with Crippen molar-refractivity contribution in [3.8, 4) is 0 Å². The second kappa shape index (κ2) is 108. The van der Waals surface area contributed by atoms with Gasteiger partial charge in [-0.15, -0.1) is 0 Å². The Labute approximate surface area is 134 Å². The van der Waals surface area contributed by atoms with E-state index in [1.54, 1.807) is 0 Å². The van der Waals surface area contributed by atoms with E-state index in [0.29, 0.717) is 0 Å². The second-order valence-electron chi connectivity index (χ2n) is 0. The SMILES string of the molecule is [Ca+2].[Ca+2].[Fe+3].[Fe+3].[O-2].[O-2].[O-2].[O-2].[O-2]. The van der Waals surface area contributed by atoms with Crippen molar-refractivity contribution in [2.45, 2.75) is 0 Å². The van der Waals surface area contributed by atoms with Crippen LogP contribution < -0.4 is 0 Å². The predicted octanol–water partition coefficient (Wildman–Crippen LogP) is -1.36. The fourth-order valence-corrected chi connectivity index (χ4v) is 0. The van der Waals surface area contributed by atoms with Crippen molar-refractivity contribution in [3.63, 3.8) is 0 Å². The maximum Gasteiger partial charge on any atom is 3.00 e. The fourth-order valence-electron chi connectivity index (χ4n) is 0. The molecule has 0 aromatic carbocycles. The quantitative estimate of drug-likeness (QED) is 0.480. The van der Waals surface area contributed by atoms with Crippen molar-refractivity contribution in [1.29, 1.82) is 0 Å². The van der Waals surface area contributed by atoms with Gasteiger partial charge >= 0.3 is 110 Å². The van der Waals surface area contributed by atoms with Gasteiger partial charge in [0, 0.05) is 0 Å². The smallest absolute Gasteiger partial charge is 2.00 e. The Balaban J connectivity index is 0. The third kappa shape index (κ3) is 88.2. The molecule has 0 atom stereocenters. The standard InChI is InChI=1S/2Ca.2Fe.5O/q2*+2;2*+3;5*-2. The van der Waals surface area contributed by atoms with E-state index in [4.69, 9.17) is 0 Å². The van der Waals surface area contributed by atoms with Gasteiger partial charge in [-0.1, -0.05) is 0 Å². The first-order chi connectivity index (χ1) is 0. The van der Waals surface area contributed by atoms with E-state index in [1.807, 2.05) is 0 Å². The molecule has 0 unspecified atom stereocenters. The zero-order valence-corrected chi connectivity index (χ0v) is 10.8. The third-order valence-electron chi connectivity index (χ3n) is 0. The maximum absolute atomic E-state index is 0. The van der Waals surface area contributed by atoms with Gasteiger partial charge in [-0.3, -0.25) is 0 Å². The van der Waals surface area contributed by atoms with Crippen molar-refractivity contribution < 1.29 is 61.5 Å². The molecule has 50 valence electrons. The van der Waals surface area contributed by atoms with Crippen molar-refractivity contribution in [2.75, 3.05) is 0 Å². The molecule has 0 amide bonds. The number of hydrogen-bond acceptors (Lipinski definition) is 0. The second-order valence-corrected chi connectivity index (χ2v) is 0. The van der Waals surface area contributed by atoms with Gasteiger partial charge in [0.25, 0.3) is 0 Å². The van der Waals surface area contributed by atoms with E-state index < -0.39 is 0 Å². The zero-order chi connectivity index (χ0) is 0. The normalized spacial score (nSPS) is 0. The summed E-state index contributed by atoms with van der Waals surface area (Å²) in [6.45, 7) is 0. The summed E-state index contributed by atoms with van der Waals surface area (Å²) in [5.41, 5.74) is 0. The molecule has 0 aliphatic heterocycles. The van der Waals surface area contributed by atoms with E-state index in [9.17, 15) is 0 Å². The summed E-state index contributed by atoms with van der Waals surface area (Å²) in [5.74, 6) is 0. The van der Waals surface area contributed by atoms with Gasteiger partial charge in [0.2, 0.25) is 0 Å². The Morgan fingerprint density at radius 3 is 0.333 bits per heavy atom. The first-order valence-corrected chi connectivity index (χ1v) is 0. The summed E-state index contributed by atoms with van der Waals surface area (Å²) >= 11 is 0. The predicted molar refractivity (Wildman–Crippen MR) is 14.9 cm³/mol. The minimum atomic E-state index is 0. The summed E-state index contributed by atoms with van der Waals surface area (Å²) in [6.07, 6.45) is 0. The van der Waals surface area contributed by atoms with Gasteiger partial charge in [0.15, 0.2) is 0 Å². The first-order valence-electron chi connectivity index (χ1n) is 0. The molecule has 0 aliphatic rings. The van der Waals surface area contributed by atoms with Gasteiger partial charge in [0.05, 0.1) is 0 Å². The van der Waals surface area contributed by atoms with Crippen molar-refractivity contribution in [1.82, 2.24) is 0 Å². The van der Waals surface area contributed by atoms with Crippen molar-refractivity contribution in [2.24, 2.45) is 0 Å². The zero-order valence-electron chi connectivity index (χ0n) is 4.16. The Hall–Kier alpha value is 3.36. The number of hydrogen-bond donors (Lipinski definition) is 0. The van der Waals surface area contributed by atoms with Crippen LogP contribution in [0.3, 0.4) is 0 Å². The van der Waals surface area contributed by atoms with Crippen LogP contribution in [0.4, 0.5) is 0 Å². The van der Waals surface area contributed by atoms with Crippen LogP contribution in [0.15, 0.2) is 0 Å². The molecule has 5 nitrogen and oxygen atoms in total. The molecule has 0 heterocycles. The van der Waals surface area contributed by atoms with Gasteiger partial charge in [-0.25, -0.2) is 0 Å². The molecule has 0 rings (SSSR count). The van der Waals surface area contributed by atoms with Crippen molar-refractivity contribution >= 4 is 75.5 Å². The average molecular weight is 272 g/mol. The molecule has 0 spiro atoms. The van der Waals surface area contributed by atoms with Gasteiger partial charge < -0.3 is 27.4 Å². The summed E-state index contributed by atoms with van der Waals surface area (Å²) in [5, 5.41) is 0. The summed E-state index contributed by atoms with van der Waals surface area (Å²) < 4.78 is 0. The molecule has 0 saturated carbocycles. The molecule has 2 radical (unpaired) electrons. The monoisotopic (exact) mass is 272 g/mol. The summed E-state index contributed by atoms with van der Waals surface area (Å²) in [6, 6.07) is 0. The molecule has 0 aromatic rings. The summed E-state index contributed by atoms with van der Waals surface area (Å²) in [7, 11) is 0. The molecule has 0 aromatic heterocycles. The van der Waals surface area contributed by atoms with E-state index in [0.717, 1.165) is 0 Å². The van der Waals surface area contributed by atoms with Gasteiger partial charge in [0.1, 0.15) is 0 Å². The van der Waals surface area contributed by atoms with E-state index in [1.165, 1.54) is 0 Å². The molecule has 0 saturated heterocycles. The molecular formula is Ca2Fe2O5. The van der Waals surface area contributed by atoms with Crippen LogP contribution in [0.25, 0.3) is 0 Å². The molecule has 0 N–H and O–H groups in total. The topological polar surface area (TPSA) is 142 Å². The Morgan fingerprint density at radius 2 is 0.333 bits per heavy atom. The van der Waals surface area contributed by atoms with E-state index in [2.05, 4.69) is 0 Å². The molecular weight excluding hydrogens is 272 g/mol. The minimum absolute atomic E-state index is 0. The van der Waals surface area contributed by atoms with Crippen LogP contribution in [0, 0.1) is 0 Å².